The molecule has 0 atom stereocenters. The Kier molecular flexibility index (Phi) is 3.77. The third-order valence-corrected chi connectivity index (χ3v) is 5.73. The Hall–Kier alpha value is -4.25. The summed E-state index contributed by atoms with van der Waals surface area (Å²) in [5, 5.41) is 10.9. The first-order valence-electron chi connectivity index (χ1n) is 10.1. The van der Waals surface area contributed by atoms with Crippen molar-refractivity contribution in [2.24, 2.45) is 0 Å². The molecule has 0 amide bonds. The van der Waals surface area contributed by atoms with Crippen LogP contribution in [0, 0.1) is 0 Å². The van der Waals surface area contributed by atoms with Crippen LogP contribution in [0.5, 0.6) is 5.75 Å². The fraction of sp³-hybridized carbons (Fsp3) is 0.0385. The number of phenols is 1. The highest BCUT2D eigenvalue weighted by Gasteiger charge is 2.27. The first-order chi connectivity index (χ1) is 15.2. The predicted octanol–water partition coefficient (Wildman–Crippen LogP) is 6.75. The first kappa shape index (κ1) is 17.6. The number of anilines is 5. The Bertz CT molecular complexity index is 1360. The van der Waals surface area contributed by atoms with Crippen molar-refractivity contribution in [3.63, 3.8) is 0 Å². The molecular weight excluding hydrogens is 386 g/mol. The molecule has 0 saturated heterocycles. The molecule has 6 rings (SSSR count). The van der Waals surface area contributed by atoms with Gasteiger partial charge in [0.1, 0.15) is 11.3 Å². The fourth-order valence-corrected chi connectivity index (χ4v) is 4.24. The van der Waals surface area contributed by atoms with Gasteiger partial charge in [0.15, 0.2) is 5.58 Å². The average molecular weight is 405 g/mol. The van der Waals surface area contributed by atoms with E-state index in [4.69, 9.17) is 4.42 Å². The maximum Gasteiger partial charge on any atom is 0.231 e. The standard InChI is InChI=1S/C26H19N3O2/c1-28-20-9-3-5-11-22(20)29(23-12-6-4-10-21(23)28)17-14-15-18(24(30)16-17)26-27-19-8-2-7-13-25(19)31-26/h2-16,30H,1H3. The molecule has 31 heavy (non-hydrogen) atoms. The second kappa shape index (κ2) is 6.64. The molecule has 1 aliphatic heterocycles. The second-order valence-corrected chi connectivity index (χ2v) is 7.56. The van der Waals surface area contributed by atoms with Crippen molar-refractivity contribution in [2.75, 3.05) is 16.8 Å². The summed E-state index contributed by atoms with van der Waals surface area (Å²) in [5.74, 6) is 0.530. The van der Waals surface area contributed by atoms with Crippen molar-refractivity contribution < 1.29 is 9.52 Å². The van der Waals surface area contributed by atoms with E-state index in [0.29, 0.717) is 17.0 Å². The molecule has 5 nitrogen and oxygen atoms in total. The van der Waals surface area contributed by atoms with Crippen molar-refractivity contribution in [3.8, 4) is 17.2 Å². The van der Waals surface area contributed by atoms with Crippen LogP contribution in [0.3, 0.4) is 0 Å². The Balaban J connectivity index is 1.50. The van der Waals surface area contributed by atoms with Crippen LogP contribution >= 0.6 is 0 Å². The maximum atomic E-state index is 10.9. The molecule has 4 aromatic carbocycles. The smallest absolute Gasteiger partial charge is 0.231 e. The van der Waals surface area contributed by atoms with Gasteiger partial charge in [0, 0.05) is 13.1 Å². The normalized spacial score (nSPS) is 12.7. The van der Waals surface area contributed by atoms with Crippen LogP contribution in [-0.4, -0.2) is 17.1 Å². The molecule has 2 heterocycles. The molecular formula is C26H19N3O2. The number of hydrogen-bond donors (Lipinski definition) is 1. The average Bonchev–Trinajstić information content (AvgIpc) is 3.23. The fourth-order valence-electron chi connectivity index (χ4n) is 4.24. The van der Waals surface area contributed by atoms with Crippen LogP contribution in [0.1, 0.15) is 0 Å². The highest BCUT2D eigenvalue weighted by Crippen LogP contribution is 2.51. The SMILES string of the molecule is CN1c2ccccc2N(c2ccc(-c3nc4ccccc4o3)c(O)c2)c2ccccc21. The van der Waals surface area contributed by atoms with Gasteiger partial charge in [0.25, 0.3) is 0 Å². The van der Waals surface area contributed by atoms with Crippen molar-refractivity contribution in [1.29, 1.82) is 0 Å². The number of aromatic nitrogens is 1. The molecule has 0 spiro atoms. The Morgan fingerprint density at radius 2 is 1.35 bits per heavy atom. The molecule has 5 heteroatoms. The predicted molar refractivity (Wildman–Crippen MR) is 124 cm³/mol. The van der Waals surface area contributed by atoms with Gasteiger partial charge in [-0.05, 0) is 48.5 Å². The molecule has 0 saturated carbocycles. The van der Waals surface area contributed by atoms with Crippen LogP contribution in [0.15, 0.2) is 95.4 Å². The minimum Gasteiger partial charge on any atom is -0.507 e. The van der Waals surface area contributed by atoms with E-state index in [1.807, 2.05) is 60.7 Å². The van der Waals surface area contributed by atoms with E-state index in [9.17, 15) is 5.11 Å². The topological polar surface area (TPSA) is 52.7 Å². The number of benzene rings is 4. The quantitative estimate of drug-likeness (QED) is 0.352. The van der Waals surface area contributed by atoms with Gasteiger partial charge in [0.2, 0.25) is 5.89 Å². The summed E-state index contributed by atoms with van der Waals surface area (Å²) in [6, 6.07) is 29.7. The summed E-state index contributed by atoms with van der Waals surface area (Å²) in [6.07, 6.45) is 0. The molecule has 1 N–H and O–H groups in total. The number of para-hydroxylation sites is 6. The third-order valence-electron chi connectivity index (χ3n) is 5.73. The molecule has 0 radical (unpaired) electrons. The largest absolute Gasteiger partial charge is 0.507 e. The Morgan fingerprint density at radius 3 is 2.00 bits per heavy atom. The summed E-state index contributed by atoms with van der Waals surface area (Å²) in [6.45, 7) is 0. The summed E-state index contributed by atoms with van der Waals surface area (Å²) in [4.78, 5) is 8.88. The van der Waals surface area contributed by atoms with Crippen LogP contribution in [0.4, 0.5) is 28.4 Å². The van der Waals surface area contributed by atoms with E-state index >= 15 is 0 Å². The van der Waals surface area contributed by atoms with Gasteiger partial charge in [-0.3, -0.25) is 0 Å². The molecule has 0 aliphatic carbocycles. The van der Waals surface area contributed by atoms with E-state index in [1.54, 1.807) is 6.07 Å². The number of phenolic OH excluding ortho intramolecular Hbond substituents is 1. The summed E-state index contributed by atoms with van der Waals surface area (Å²) < 4.78 is 5.86. The molecule has 0 fully saturated rings. The first-order valence-corrected chi connectivity index (χ1v) is 10.1. The lowest BCUT2D eigenvalue weighted by atomic mass is 10.1. The van der Waals surface area contributed by atoms with E-state index in [1.165, 1.54) is 0 Å². The van der Waals surface area contributed by atoms with Crippen molar-refractivity contribution >= 4 is 39.5 Å². The van der Waals surface area contributed by atoms with Gasteiger partial charge in [-0.1, -0.05) is 36.4 Å². The van der Waals surface area contributed by atoms with Crippen LogP contribution in [0.25, 0.3) is 22.6 Å². The van der Waals surface area contributed by atoms with Crippen LogP contribution < -0.4 is 9.80 Å². The van der Waals surface area contributed by atoms with Crippen molar-refractivity contribution in [1.82, 2.24) is 4.98 Å². The lowest BCUT2D eigenvalue weighted by Gasteiger charge is -2.38. The Morgan fingerprint density at radius 1 is 0.742 bits per heavy atom. The maximum absolute atomic E-state index is 10.9. The van der Waals surface area contributed by atoms with E-state index in [0.717, 1.165) is 34.0 Å². The van der Waals surface area contributed by atoms with E-state index in [-0.39, 0.29) is 5.75 Å². The molecule has 1 aliphatic rings. The molecule has 5 aromatic rings. The summed E-state index contributed by atoms with van der Waals surface area (Å²) in [7, 11) is 2.07. The van der Waals surface area contributed by atoms with Crippen molar-refractivity contribution in [2.45, 2.75) is 0 Å². The van der Waals surface area contributed by atoms with Gasteiger partial charge in [-0.25, -0.2) is 4.98 Å². The van der Waals surface area contributed by atoms with Gasteiger partial charge in [-0.2, -0.15) is 0 Å². The highest BCUT2D eigenvalue weighted by atomic mass is 16.3. The number of fused-ring (bicyclic) bond motifs is 3. The van der Waals surface area contributed by atoms with Gasteiger partial charge in [0.05, 0.1) is 34.0 Å². The number of aromatic hydroxyl groups is 1. The minimum absolute atomic E-state index is 0.123. The lowest BCUT2D eigenvalue weighted by molar-refractivity contribution is 0.474. The summed E-state index contributed by atoms with van der Waals surface area (Å²) in [5.41, 5.74) is 7.20. The molecule has 1 aromatic heterocycles. The minimum atomic E-state index is 0.123. The third kappa shape index (κ3) is 2.67. The Labute approximate surface area is 179 Å². The van der Waals surface area contributed by atoms with Crippen LogP contribution in [-0.2, 0) is 0 Å². The van der Waals surface area contributed by atoms with Gasteiger partial charge < -0.3 is 19.3 Å². The molecule has 0 bridgehead atoms. The lowest BCUT2D eigenvalue weighted by Crippen LogP contribution is -2.23. The van der Waals surface area contributed by atoms with Gasteiger partial charge in [-0.15, -0.1) is 0 Å². The number of oxazole rings is 1. The van der Waals surface area contributed by atoms with Crippen LogP contribution in [0.2, 0.25) is 0 Å². The zero-order chi connectivity index (χ0) is 20.9. The zero-order valence-corrected chi connectivity index (χ0v) is 16.9. The zero-order valence-electron chi connectivity index (χ0n) is 16.9. The van der Waals surface area contributed by atoms with Crippen molar-refractivity contribution in [3.05, 3.63) is 91.0 Å². The number of rotatable bonds is 2. The highest BCUT2D eigenvalue weighted by molar-refractivity contribution is 5.98. The van der Waals surface area contributed by atoms with E-state index in [2.05, 4.69) is 46.1 Å². The second-order valence-electron chi connectivity index (χ2n) is 7.56. The molecule has 0 unspecified atom stereocenters. The monoisotopic (exact) mass is 405 g/mol. The summed E-state index contributed by atoms with van der Waals surface area (Å²) >= 11 is 0. The number of hydrogen-bond acceptors (Lipinski definition) is 5. The number of nitrogens with zero attached hydrogens (tertiary/aromatic N) is 3. The van der Waals surface area contributed by atoms with E-state index < -0.39 is 0 Å². The molecule has 150 valence electrons. The van der Waals surface area contributed by atoms with Gasteiger partial charge >= 0.3 is 0 Å².